The Morgan fingerprint density at radius 3 is 2.34 bits per heavy atom. The van der Waals surface area contributed by atoms with Gasteiger partial charge in [0.2, 0.25) is 0 Å². The highest BCUT2D eigenvalue weighted by molar-refractivity contribution is 6.07. The highest BCUT2D eigenvalue weighted by Crippen LogP contribution is 2.55. The molecule has 0 saturated heterocycles. The van der Waals surface area contributed by atoms with Crippen LogP contribution in [0.1, 0.15) is 67.2 Å². The number of amidine groups is 1. The summed E-state index contributed by atoms with van der Waals surface area (Å²) in [5.74, 6) is 1.88. The van der Waals surface area contributed by atoms with Crippen LogP contribution in [0.2, 0.25) is 0 Å². The summed E-state index contributed by atoms with van der Waals surface area (Å²) in [7, 11) is 0. The molecule has 0 bridgehead atoms. The van der Waals surface area contributed by atoms with Crippen LogP contribution in [0.25, 0.3) is 5.57 Å². The van der Waals surface area contributed by atoms with Crippen molar-refractivity contribution < 1.29 is 4.74 Å². The quantitative estimate of drug-likeness (QED) is 0.142. The number of anilines is 1. The summed E-state index contributed by atoms with van der Waals surface area (Å²) in [6, 6.07) is 39.0. The summed E-state index contributed by atoms with van der Waals surface area (Å²) in [6.07, 6.45) is 36.9. The van der Waals surface area contributed by atoms with Gasteiger partial charge in [0.15, 0.2) is 5.84 Å². The maximum Gasteiger partial charge on any atom is 0.156 e. The fourth-order valence-electron chi connectivity index (χ4n) is 10.9. The Morgan fingerprint density at radius 2 is 1.55 bits per heavy atom. The first kappa shape index (κ1) is 40.0. The van der Waals surface area contributed by atoms with E-state index in [1.807, 2.05) is 18.2 Å². The lowest BCUT2D eigenvalue weighted by atomic mass is 9.72. The van der Waals surface area contributed by atoms with Crippen LogP contribution in [-0.2, 0) is 0 Å². The molecule has 0 fully saturated rings. The van der Waals surface area contributed by atoms with Crippen LogP contribution >= 0.6 is 0 Å². The van der Waals surface area contributed by atoms with E-state index in [2.05, 4.69) is 201 Å². The molecule has 8 unspecified atom stereocenters. The van der Waals surface area contributed by atoms with E-state index in [-0.39, 0.29) is 41.7 Å². The Labute approximate surface area is 377 Å². The molecule has 0 aromatic heterocycles. The fourth-order valence-corrected chi connectivity index (χ4v) is 10.9. The average Bonchev–Trinajstić information content (AvgIpc) is 3.90. The van der Waals surface area contributed by atoms with Gasteiger partial charge in [0, 0.05) is 51.9 Å². The van der Waals surface area contributed by atoms with Gasteiger partial charge in [-0.05, 0) is 96.9 Å². The van der Waals surface area contributed by atoms with Crippen LogP contribution in [-0.4, -0.2) is 29.4 Å². The number of hydrogen-bond acceptors (Lipinski definition) is 4. The molecule has 5 aliphatic carbocycles. The Hall–Kier alpha value is -6.82. The first-order valence-electron chi connectivity index (χ1n) is 23.0. The van der Waals surface area contributed by atoms with Gasteiger partial charge in [-0.15, -0.1) is 0 Å². The van der Waals surface area contributed by atoms with Crippen molar-refractivity contribution in [1.29, 1.82) is 0 Å². The highest BCUT2D eigenvalue weighted by atomic mass is 16.5. The van der Waals surface area contributed by atoms with E-state index in [9.17, 15) is 0 Å². The van der Waals surface area contributed by atoms with Gasteiger partial charge in [0.25, 0.3) is 0 Å². The van der Waals surface area contributed by atoms with Crippen molar-refractivity contribution in [2.45, 2.75) is 62.8 Å². The predicted octanol–water partition coefficient (Wildman–Crippen LogP) is 12.7. The molecular formula is C59H54N4O. The van der Waals surface area contributed by atoms with E-state index >= 15 is 0 Å². The molecule has 2 aliphatic heterocycles. The number of aliphatic imine (C=N–C) groups is 2. The molecule has 4 aromatic rings. The van der Waals surface area contributed by atoms with Gasteiger partial charge in [-0.3, -0.25) is 0 Å². The highest BCUT2D eigenvalue weighted by Gasteiger charge is 2.48. The Kier molecular flexibility index (Phi) is 10.4. The third-order valence-electron chi connectivity index (χ3n) is 14.1. The zero-order chi connectivity index (χ0) is 43.2. The second kappa shape index (κ2) is 16.7. The van der Waals surface area contributed by atoms with Crippen LogP contribution in [0, 0.1) is 17.8 Å². The Bertz CT molecular complexity index is 2840. The average molecular weight is 835 g/mol. The SMILES string of the molecule is C/C(=N\C(=N/C(C)(N)C1C=C(C2C=C(c3ccccc3)C=CC2)C=CC1c1ccc2c(c1)OC1C=CC3=C(C4=CC=CCC4N3c3ccccc3)C21)c1ccccc1)C1C=CC=CC1. The molecule has 2 heterocycles. The molecule has 8 atom stereocenters. The van der Waals surface area contributed by atoms with E-state index in [0.717, 1.165) is 41.9 Å². The third-order valence-corrected chi connectivity index (χ3v) is 14.1. The monoisotopic (exact) mass is 834 g/mol. The van der Waals surface area contributed by atoms with Crippen molar-refractivity contribution >= 4 is 22.8 Å². The summed E-state index contributed by atoms with van der Waals surface area (Å²) in [6.45, 7) is 4.19. The van der Waals surface area contributed by atoms with E-state index in [4.69, 9.17) is 20.5 Å². The fraction of sp³-hybridized carbons (Fsp3) is 0.220. The number of benzene rings is 4. The van der Waals surface area contributed by atoms with Gasteiger partial charge in [-0.25, -0.2) is 9.98 Å². The van der Waals surface area contributed by atoms with Crippen LogP contribution in [0.15, 0.2) is 233 Å². The summed E-state index contributed by atoms with van der Waals surface area (Å²) < 4.78 is 6.96. The van der Waals surface area contributed by atoms with Gasteiger partial charge in [-0.1, -0.05) is 170 Å². The first-order chi connectivity index (χ1) is 31.4. The molecule has 0 amide bonds. The van der Waals surface area contributed by atoms with Gasteiger partial charge in [0.1, 0.15) is 17.5 Å². The van der Waals surface area contributed by atoms with Crippen molar-refractivity contribution in [1.82, 2.24) is 0 Å². The summed E-state index contributed by atoms with van der Waals surface area (Å²) in [5, 5.41) is 0. The number of para-hydroxylation sites is 1. The third kappa shape index (κ3) is 7.38. The maximum absolute atomic E-state index is 7.66. The van der Waals surface area contributed by atoms with Gasteiger partial charge in [-0.2, -0.15) is 0 Å². The standard InChI is InChI=1S/C59H54N4O/c1-39(40-18-7-3-8-19-40)61-58(42-22-11-5-12-23-42)62-59(2,60)51-37-45(44-25-17-24-43(36-44)41-20-9-4-10-21-41)30-32-48(51)46-31-33-50-55(38-46)64-54-35-34-53-56(57(50)54)49-28-15-16-29-52(49)63(53)47-26-13-6-14-27-47/h3-18,20-24,26-28,30-38,40,44,48,51-52,54,57H,19,25,29,60H2,1-2H3/b61-39+,62-58-. The van der Waals surface area contributed by atoms with Crippen molar-refractivity contribution in [2.24, 2.45) is 33.5 Å². The molecule has 11 rings (SSSR count). The van der Waals surface area contributed by atoms with Crippen molar-refractivity contribution in [3.63, 3.8) is 0 Å². The van der Waals surface area contributed by atoms with Gasteiger partial charge >= 0.3 is 0 Å². The van der Waals surface area contributed by atoms with E-state index in [1.165, 1.54) is 44.8 Å². The van der Waals surface area contributed by atoms with E-state index < -0.39 is 5.66 Å². The zero-order valence-corrected chi connectivity index (χ0v) is 36.5. The molecular weight excluding hydrogens is 781 g/mol. The lowest BCUT2D eigenvalue weighted by Crippen LogP contribution is -2.45. The number of nitrogens with zero attached hydrogens (tertiary/aromatic N) is 3. The molecule has 5 heteroatoms. The summed E-state index contributed by atoms with van der Waals surface area (Å²) in [5.41, 5.74) is 20.0. The van der Waals surface area contributed by atoms with E-state index in [0.29, 0.717) is 5.84 Å². The van der Waals surface area contributed by atoms with E-state index in [1.54, 1.807) is 0 Å². The van der Waals surface area contributed by atoms with Crippen LogP contribution in [0.4, 0.5) is 5.69 Å². The molecule has 5 nitrogen and oxygen atoms in total. The number of nitrogens with two attached hydrogens (primary N) is 1. The molecule has 64 heavy (non-hydrogen) atoms. The van der Waals surface area contributed by atoms with Crippen molar-refractivity contribution in [3.05, 3.63) is 245 Å². The summed E-state index contributed by atoms with van der Waals surface area (Å²) in [4.78, 5) is 13.3. The number of fused-ring (bicyclic) bond motifs is 6. The second-order valence-corrected chi connectivity index (χ2v) is 18.3. The molecule has 4 aromatic carbocycles. The smallest absolute Gasteiger partial charge is 0.156 e. The van der Waals surface area contributed by atoms with Crippen LogP contribution in [0.3, 0.4) is 0 Å². The Balaban J connectivity index is 0.985. The lowest BCUT2D eigenvalue weighted by molar-refractivity contribution is 0.264. The molecule has 7 aliphatic rings. The zero-order valence-electron chi connectivity index (χ0n) is 36.5. The first-order valence-corrected chi connectivity index (χ1v) is 23.0. The van der Waals surface area contributed by atoms with Crippen molar-refractivity contribution in [2.75, 3.05) is 4.90 Å². The predicted molar refractivity (Wildman–Crippen MR) is 265 cm³/mol. The number of rotatable bonds is 8. The van der Waals surface area contributed by atoms with Crippen LogP contribution in [0.5, 0.6) is 5.75 Å². The number of hydrogen-bond donors (Lipinski definition) is 1. The minimum Gasteiger partial charge on any atom is -0.485 e. The number of allylic oxidation sites excluding steroid dienone is 14. The summed E-state index contributed by atoms with van der Waals surface area (Å²) >= 11 is 0. The normalized spacial score (nSPS) is 27.5. The minimum absolute atomic E-state index is 0.0646. The number of ether oxygens (including phenoxy) is 1. The minimum atomic E-state index is -1.04. The van der Waals surface area contributed by atoms with Crippen molar-refractivity contribution in [3.8, 4) is 5.75 Å². The molecule has 0 spiro atoms. The van der Waals surface area contributed by atoms with Gasteiger partial charge in [0.05, 0.1) is 12.0 Å². The maximum atomic E-state index is 7.66. The Morgan fingerprint density at radius 1 is 0.766 bits per heavy atom. The second-order valence-electron chi connectivity index (χ2n) is 18.3. The van der Waals surface area contributed by atoms with Gasteiger partial charge < -0.3 is 15.4 Å². The molecule has 316 valence electrons. The lowest BCUT2D eigenvalue weighted by Gasteiger charge is -2.37. The molecule has 0 saturated carbocycles. The molecule has 0 radical (unpaired) electrons. The van der Waals surface area contributed by atoms with Crippen LogP contribution < -0.4 is 15.4 Å². The topological polar surface area (TPSA) is 63.2 Å². The molecule has 2 N–H and O–H groups in total. The largest absolute Gasteiger partial charge is 0.485 e.